The summed E-state index contributed by atoms with van der Waals surface area (Å²) in [5, 5.41) is 9.35. The van der Waals surface area contributed by atoms with Gasteiger partial charge >= 0.3 is 0 Å². The summed E-state index contributed by atoms with van der Waals surface area (Å²) in [6.45, 7) is 7.36. The van der Waals surface area contributed by atoms with Crippen molar-refractivity contribution >= 4 is 11.0 Å². The van der Waals surface area contributed by atoms with Crippen LogP contribution in [0.1, 0.15) is 26.6 Å². The van der Waals surface area contributed by atoms with E-state index in [0.29, 0.717) is 19.0 Å². The largest absolute Gasteiger partial charge is 0.388 e. The summed E-state index contributed by atoms with van der Waals surface area (Å²) in [4.78, 5) is 4.40. The predicted octanol–water partition coefficient (Wildman–Crippen LogP) is 2.34. The lowest BCUT2D eigenvalue weighted by atomic mass is 10.2. The monoisotopic (exact) mass is 248 g/mol. The predicted molar refractivity (Wildman–Crippen MR) is 71.4 cm³/mol. The van der Waals surface area contributed by atoms with Crippen molar-refractivity contribution in [2.45, 2.75) is 39.5 Å². The molecule has 0 aliphatic heterocycles. The fourth-order valence-corrected chi connectivity index (χ4v) is 1.94. The van der Waals surface area contributed by atoms with Crippen LogP contribution >= 0.6 is 0 Å². The summed E-state index contributed by atoms with van der Waals surface area (Å²) < 4.78 is 7.74. The van der Waals surface area contributed by atoms with Gasteiger partial charge in [-0.15, -0.1) is 0 Å². The molecule has 1 aromatic carbocycles. The highest BCUT2D eigenvalue weighted by atomic mass is 16.5. The van der Waals surface area contributed by atoms with Crippen molar-refractivity contribution in [3.8, 4) is 0 Å². The molecule has 0 amide bonds. The maximum atomic E-state index is 9.35. The van der Waals surface area contributed by atoms with Crippen LogP contribution in [0.3, 0.4) is 0 Å². The molecule has 0 aliphatic carbocycles. The van der Waals surface area contributed by atoms with E-state index in [1.54, 1.807) is 0 Å². The Morgan fingerprint density at radius 1 is 1.28 bits per heavy atom. The number of imidazole rings is 1. The molecule has 2 rings (SSSR count). The minimum atomic E-state index is -0.143. The van der Waals surface area contributed by atoms with Crippen LogP contribution in [0.5, 0.6) is 0 Å². The van der Waals surface area contributed by atoms with Crippen molar-refractivity contribution in [3.05, 3.63) is 30.1 Å². The zero-order valence-electron chi connectivity index (χ0n) is 11.2. The second kappa shape index (κ2) is 5.08. The number of aromatic nitrogens is 2. The Balaban J connectivity index is 2.20. The van der Waals surface area contributed by atoms with Crippen LogP contribution in [-0.4, -0.2) is 26.9 Å². The van der Waals surface area contributed by atoms with Crippen LogP contribution in [0.4, 0.5) is 0 Å². The number of benzene rings is 1. The molecule has 4 heteroatoms. The lowest BCUT2D eigenvalue weighted by molar-refractivity contribution is -0.00694. The first-order chi connectivity index (χ1) is 8.51. The Kier molecular flexibility index (Phi) is 3.68. The second-order valence-electron chi connectivity index (χ2n) is 5.29. The number of hydrogen-bond donors (Lipinski definition) is 1. The Hall–Kier alpha value is -1.39. The molecule has 0 unspecified atom stereocenters. The molecule has 0 saturated heterocycles. The van der Waals surface area contributed by atoms with Crippen molar-refractivity contribution in [2.75, 3.05) is 6.61 Å². The second-order valence-corrected chi connectivity index (χ2v) is 5.29. The van der Waals surface area contributed by atoms with Crippen molar-refractivity contribution in [2.24, 2.45) is 0 Å². The molecule has 4 nitrogen and oxygen atoms in total. The number of rotatable bonds is 4. The number of aliphatic hydroxyl groups excluding tert-OH is 1. The Bertz CT molecular complexity index is 526. The van der Waals surface area contributed by atoms with Crippen LogP contribution in [-0.2, 0) is 17.9 Å². The van der Waals surface area contributed by atoms with Crippen LogP contribution in [0, 0.1) is 0 Å². The summed E-state index contributed by atoms with van der Waals surface area (Å²) in [6, 6.07) is 7.90. The maximum Gasteiger partial charge on any atom is 0.135 e. The van der Waals surface area contributed by atoms with Crippen molar-refractivity contribution in [1.82, 2.24) is 9.55 Å². The summed E-state index contributed by atoms with van der Waals surface area (Å²) >= 11 is 0. The number of hydrogen-bond acceptors (Lipinski definition) is 3. The summed E-state index contributed by atoms with van der Waals surface area (Å²) in [7, 11) is 0. The molecule has 0 aliphatic rings. The fraction of sp³-hybridized carbons (Fsp3) is 0.500. The molecule has 0 radical (unpaired) electrons. The SMILES string of the molecule is CC(C)(C)OCCn1c(CO)nc2ccccc21. The zero-order chi connectivity index (χ0) is 13.2. The van der Waals surface area contributed by atoms with Crippen molar-refractivity contribution in [3.63, 3.8) is 0 Å². The molecule has 1 heterocycles. The molecule has 0 bridgehead atoms. The third-order valence-corrected chi connectivity index (χ3v) is 2.72. The van der Waals surface area contributed by atoms with E-state index >= 15 is 0 Å². The maximum absolute atomic E-state index is 9.35. The molecule has 0 fully saturated rings. The van der Waals surface area contributed by atoms with Gasteiger partial charge in [0.05, 0.1) is 23.2 Å². The highest BCUT2D eigenvalue weighted by Gasteiger charge is 2.12. The van der Waals surface area contributed by atoms with E-state index in [2.05, 4.69) is 4.98 Å². The van der Waals surface area contributed by atoms with Crippen LogP contribution < -0.4 is 0 Å². The van der Waals surface area contributed by atoms with Gasteiger partial charge in [0, 0.05) is 6.54 Å². The molecular weight excluding hydrogens is 228 g/mol. The van der Waals surface area contributed by atoms with Gasteiger partial charge in [0.1, 0.15) is 12.4 Å². The van der Waals surface area contributed by atoms with E-state index in [9.17, 15) is 5.11 Å². The fourth-order valence-electron chi connectivity index (χ4n) is 1.94. The Morgan fingerprint density at radius 3 is 2.67 bits per heavy atom. The van der Waals surface area contributed by atoms with Crippen LogP contribution in [0.15, 0.2) is 24.3 Å². The van der Waals surface area contributed by atoms with E-state index in [1.165, 1.54) is 0 Å². The number of aliphatic hydroxyl groups is 1. The van der Waals surface area contributed by atoms with E-state index in [4.69, 9.17) is 4.74 Å². The number of fused-ring (bicyclic) bond motifs is 1. The van der Waals surface area contributed by atoms with Gasteiger partial charge in [0.25, 0.3) is 0 Å². The first kappa shape index (κ1) is 13.1. The van der Waals surface area contributed by atoms with Crippen molar-refractivity contribution < 1.29 is 9.84 Å². The Morgan fingerprint density at radius 2 is 2.00 bits per heavy atom. The summed E-state index contributed by atoms with van der Waals surface area (Å²) in [6.07, 6.45) is 0. The number of nitrogens with zero attached hydrogens (tertiary/aromatic N) is 2. The van der Waals surface area contributed by atoms with Gasteiger partial charge in [-0.2, -0.15) is 0 Å². The van der Waals surface area contributed by atoms with E-state index in [-0.39, 0.29) is 12.2 Å². The molecule has 1 aromatic heterocycles. The smallest absolute Gasteiger partial charge is 0.135 e. The minimum Gasteiger partial charge on any atom is -0.388 e. The first-order valence-corrected chi connectivity index (χ1v) is 6.20. The summed E-state index contributed by atoms with van der Waals surface area (Å²) in [5.41, 5.74) is 1.81. The molecule has 0 spiro atoms. The quantitative estimate of drug-likeness (QED) is 0.903. The molecule has 2 aromatic rings. The number of ether oxygens (including phenoxy) is 1. The van der Waals surface area contributed by atoms with E-state index in [0.717, 1.165) is 11.0 Å². The Labute approximate surface area is 107 Å². The molecular formula is C14H20N2O2. The van der Waals surface area contributed by atoms with Gasteiger partial charge in [-0.3, -0.25) is 0 Å². The van der Waals surface area contributed by atoms with Crippen LogP contribution in [0.2, 0.25) is 0 Å². The topological polar surface area (TPSA) is 47.3 Å². The lowest BCUT2D eigenvalue weighted by Crippen LogP contribution is -2.22. The normalized spacial score (nSPS) is 12.2. The minimum absolute atomic E-state index is 0.0514. The van der Waals surface area contributed by atoms with Crippen molar-refractivity contribution in [1.29, 1.82) is 0 Å². The average molecular weight is 248 g/mol. The molecule has 0 saturated carbocycles. The molecule has 0 atom stereocenters. The van der Waals surface area contributed by atoms with Gasteiger partial charge < -0.3 is 14.4 Å². The zero-order valence-corrected chi connectivity index (χ0v) is 11.2. The molecule has 98 valence electrons. The van der Waals surface area contributed by atoms with Crippen LogP contribution in [0.25, 0.3) is 11.0 Å². The van der Waals surface area contributed by atoms with Gasteiger partial charge in [-0.1, -0.05) is 12.1 Å². The lowest BCUT2D eigenvalue weighted by Gasteiger charge is -2.20. The first-order valence-electron chi connectivity index (χ1n) is 6.20. The standard InChI is InChI=1S/C14H20N2O2/c1-14(2,3)18-9-8-16-12-7-5-4-6-11(12)15-13(16)10-17/h4-7,17H,8-10H2,1-3H3. The summed E-state index contributed by atoms with van der Waals surface area (Å²) in [5.74, 6) is 0.689. The van der Waals surface area contributed by atoms with Gasteiger partial charge in [-0.25, -0.2) is 4.98 Å². The average Bonchev–Trinajstić information content (AvgIpc) is 2.66. The van der Waals surface area contributed by atoms with Gasteiger partial charge in [-0.05, 0) is 32.9 Å². The van der Waals surface area contributed by atoms with E-state index < -0.39 is 0 Å². The highest BCUT2D eigenvalue weighted by molar-refractivity contribution is 5.75. The molecule has 1 N–H and O–H groups in total. The highest BCUT2D eigenvalue weighted by Crippen LogP contribution is 2.16. The van der Waals surface area contributed by atoms with Gasteiger partial charge in [0.15, 0.2) is 0 Å². The number of para-hydroxylation sites is 2. The van der Waals surface area contributed by atoms with Gasteiger partial charge in [0.2, 0.25) is 0 Å². The third kappa shape index (κ3) is 2.89. The molecule has 18 heavy (non-hydrogen) atoms. The third-order valence-electron chi connectivity index (χ3n) is 2.72. The van der Waals surface area contributed by atoms with E-state index in [1.807, 2.05) is 49.6 Å².